The lowest BCUT2D eigenvalue weighted by molar-refractivity contribution is -0.140. The number of rotatable bonds is 4. The Labute approximate surface area is 85.1 Å². The number of carbonyl (C=O) groups is 1. The predicted molar refractivity (Wildman–Crippen MR) is 51.3 cm³/mol. The summed E-state index contributed by atoms with van der Waals surface area (Å²) in [7, 11) is 0. The number of ether oxygens (including phenoxy) is 1. The highest BCUT2D eigenvalue weighted by Gasteiger charge is 2.04. The first-order valence-electron chi connectivity index (χ1n) is 2.62. The average molecular weight is 339 g/mol. The summed E-state index contributed by atoms with van der Waals surface area (Å²) >= 11 is 9.52. The van der Waals surface area contributed by atoms with Crippen LogP contribution in [0.2, 0.25) is 0 Å². The van der Waals surface area contributed by atoms with E-state index in [9.17, 15) is 4.79 Å². The molecule has 0 saturated heterocycles. The van der Waals surface area contributed by atoms with Gasteiger partial charge in [0.1, 0.15) is 11.9 Å². The van der Waals surface area contributed by atoms with Crippen molar-refractivity contribution in [2.75, 3.05) is 17.3 Å². The summed E-state index contributed by atoms with van der Waals surface area (Å²) in [5.74, 6) is -0.231. The minimum absolute atomic E-state index is 0.204. The average Bonchev–Trinajstić information content (AvgIpc) is 1.99. The second-order valence-electron chi connectivity index (χ2n) is 1.57. The predicted octanol–water partition coefficient (Wildman–Crippen LogP) is 2.08. The Balaban J connectivity index is 3.26. The van der Waals surface area contributed by atoms with Gasteiger partial charge >= 0.3 is 5.97 Å². The quantitative estimate of drug-likeness (QED) is 0.579. The Morgan fingerprint density at radius 2 is 2.10 bits per heavy atom. The molecule has 0 N–H and O–H groups in total. The monoisotopic (exact) mass is 336 g/mol. The lowest BCUT2D eigenvalue weighted by Crippen LogP contribution is -2.15. The van der Waals surface area contributed by atoms with Crippen molar-refractivity contribution in [1.82, 2.24) is 0 Å². The molecule has 10 heavy (non-hydrogen) atoms. The zero-order valence-corrected chi connectivity index (χ0v) is 9.91. The van der Waals surface area contributed by atoms with Crippen LogP contribution >= 0.6 is 47.8 Å². The lowest BCUT2D eigenvalue weighted by Gasteiger charge is -2.05. The van der Waals surface area contributed by atoms with Crippen LogP contribution in [0.4, 0.5) is 0 Å². The Morgan fingerprint density at radius 3 is 2.50 bits per heavy atom. The van der Waals surface area contributed by atoms with Crippen molar-refractivity contribution in [2.45, 2.75) is 4.83 Å². The maximum atomic E-state index is 10.5. The minimum Gasteiger partial charge on any atom is -0.464 e. The van der Waals surface area contributed by atoms with Crippen LogP contribution in [0.3, 0.4) is 0 Å². The Hall–Kier alpha value is 0.910. The van der Waals surface area contributed by atoms with E-state index in [1.807, 2.05) is 0 Å². The number of alkyl halides is 3. The molecule has 0 saturated carbocycles. The first-order valence-corrected chi connectivity index (χ1v) is 5.78. The fourth-order valence-corrected chi connectivity index (χ4v) is 0.747. The maximum absolute atomic E-state index is 10.5. The summed E-state index contributed by atoms with van der Waals surface area (Å²) in [6.07, 6.45) is 0. The van der Waals surface area contributed by atoms with E-state index in [-0.39, 0.29) is 16.1 Å². The van der Waals surface area contributed by atoms with Gasteiger partial charge in [-0.25, -0.2) is 0 Å². The molecule has 1 atom stereocenters. The molecule has 0 aromatic rings. The van der Waals surface area contributed by atoms with Gasteiger partial charge in [-0.2, -0.15) is 0 Å². The summed E-state index contributed by atoms with van der Waals surface area (Å²) < 4.78 is 4.78. The molecule has 0 fully saturated rings. The van der Waals surface area contributed by atoms with Crippen LogP contribution in [0.5, 0.6) is 0 Å². The van der Waals surface area contributed by atoms with E-state index in [1.54, 1.807) is 0 Å². The van der Waals surface area contributed by atoms with Gasteiger partial charge in [0.25, 0.3) is 0 Å². The molecule has 0 rings (SSSR count). The van der Waals surface area contributed by atoms with Gasteiger partial charge < -0.3 is 4.74 Å². The fraction of sp³-hybridized carbons (Fsp3) is 0.800. The lowest BCUT2D eigenvalue weighted by atomic mass is 10.5. The van der Waals surface area contributed by atoms with Crippen LogP contribution in [0.15, 0.2) is 0 Å². The van der Waals surface area contributed by atoms with Gasteiger partial charge in [0.2, 0.25) is 0 Å². The van der Waals surface area contributed by atoms with Crippen LogP contribution < -0.4 is 0 Å². The minimum atomic E-state index is -0.231. The van der Waals surface area contributed by atoms with E-state index < -0.39 is 0 Å². The van der Waals surface area contributed by atoms with Crippen molar-refractivity contribution >= 4 is 53.8 Å². The molecule has 0 heterocycles. The molecule has 5 heteroatoms. The zero-order valence-electron chi connectivity index (χ0n) is 5.15. The molecule has 0 spiro atoms. The number of esters is 1. The molecule has 0 aliphatic carbocycles. The molecule has 0 radical (unpaired) electrons. The van der Waals surface area contributed by atoms with Crippen molar-refractivity contribution in [3.05, 3.63) is 0 Å². The van der Waals surface area contributed by atoms with Crippen LogP contribution in [-0.4, -0.2) is 28.1 Å². The number of hydrogen-bond acceptors (Lipinski definition) is 2. The maximum Gasteiger partial charge on any atom is 0.316 e. The van der Waals surface area contributed by atoms with Gasteiger partial charge in [0, 0.05) is 5.33 Å². The van der Waals surface area contributed by atoms with Crippen LogP contribution in [-0.2, 0) is 9.53 Å². The van der Waals surface area contributed by atoms with Gasteiger partial charge in [0.05, 0.1) is 4.83 Å². The van der Waals surface area contributed by atoms with Gasteiger partial charge in [-0.3, -0.25) is 4.79 Å². The molecule has 0 aliphatic heterocycles. The van der Waals surface area contributed by atoms with E-state index in [0.29, 0.717) is 6.61 Å². The molecule has 0 aliphatic rings. The topological polar surface area (TPSA) is 26.3 Å². The SMILES string of the molecule is O=C(CBr)OC[C@@H](Br)CBr. The van der Waals surface area contributed by atoms with Crippen LogP contribution in [0.1, 0.15) is 0 Å². The summed E-state index contributed by atoms with van der Waals surface area (Å²) in [6.45, 7) is 0.412. The molecule has 2 nitrogen and oxygen atoms in total. The van der Waals surface area contributed by atoms with Crippen molar-refractivity contribution in [2.24, 2.45) is 0 Å². The molecular weight excluding hydrogens is 332 g/mol. The third-order valence-electron chi connectivity index (χ3n) is 0.702. The molecule has 0 aromatic carbocycles. The summed E-state index contributed by atoms with van der Waals surface area (Å²) in [6, 6.07) is 0. The van der Waals surface area contributed by atoms with E-state index >= 15 is 0 Å². The highest BCUT2D eigenvalue weighted by atomic mass is 79.9. The molecule has 60 valence electrons. The molecule has 0 bridgehead atoms. The second kappa shape index (κ2) is 6.61. The van der Waals surface area contributed by atoms with Gasteiger partial charge in [-0.1, -0.05) is 47.8 Å². The number of halogens is 3. The normalized spacial score (nSPS) is 12.7. The largest absolute Gasteiger partial charge is 0.464 e. The number of carbonyl (C=O) groups excluding carboxylic acids is 1. The van der Waals surface area contributed by atoms with E-state index in [0.717, 1.165) is 5.33 Å². The van der Waals surface area contributed by atoms with Crippen LogP contribution in [0, 0.1) is 0 Å². The van der Waals surface area contributed by atoms with Crippen LogP contribution in [0.25, 0.3) is 0 Å². The van der Waals surface area contributed by atoms with Gasteiger partial charge in [0.15, 0.2) is 0 Å². The molecule has 0 unspecified atom stereocenters. The first kappa shape index (κ1) is 10.9. The Morgan fingerprint density at radius 1 is 1.50 bits per heavy atom. The Bertz CT molecular complexity index is 107. The van der Waals surface area contributed by atoms with E-state index in [1.165, 1.54) is 0 Å². The van der Waals surface area contributed by atoms with Gasteiger partial charge in [-0.15, -0.1) is 0 Å². The zero-order chi connectivity index (χ0) is 7.98. The number of hydrogen-bond donors (Lipinski definition) is 0. The fourth-order valence-electron chi connectivity index (χ4n) is 0.266. The standard InChI is InChI=1S/C5H7Br3O2/c6-1-4(8)3-10-5(9)2-7/h4H,1-3H2/t4-/m0/s1. The molecular formula is C5H7Br3O2. The first-order chi connectivity index (χ1) is 4.70. The van der Waals surface area contributed by atoms with Crippen molar-refractivity contribution < 1.29 is 9.53 Å². The summed E-state index contributed by atoms with van der Waals surface area (Å²) in [5.41, 5.74) is 0. The van der Waals surface area contributed by atoms with E-state index in [4.69, 9.17) is 4.74 Å². The van der Waals surface area contributed by atoms with Crippen molar-refractivity contribution in [3.63, 3.8) is 0 Å². The van der Waals surface area contributed by atoms with Crippen molar-refractivity contribution in [1.29, 1.82) is 0 Å². The summed E-state index contributed by atoms with van der Waals surface area (Å²) in [5, 5.41) is 1.04. The van der Waals surface area contributed by atoms with E-state index in [2.05, 4.69) is 47.8 Å². The van der Waals surface area contributed by atoms with Gasteiger partial charge in [-0.05, 0) is 0 Å². The molecule has 0 amide bonds. The third-order valence-corrected chi connectivity index (χ3v) is 3.40. The third kappa shape index (κ3) is 5.68. The molecule has 0 aromatic heterocycles. The Kier molecular flexibility index (Phi) is 7.21. The highest BCUT2D eigenvalue weighted by molar-refractivity contribution is 9.12. The second-order valence-corrected chi connectivity index (χ2v) is 4.07. The highest BCUT2D eigenvalue weighted by Crippen LogP contribution is 2.03. The smallest absolute Gasteiger partial charge is 0.316 e. The van der Waals surface area contributed by atoms with Crippen molar-refractivity contribution in [3.8, 4) is 0 Å². The summed E-state index contributed by atoms with van der Waals surface area (Å²) in [4.78, 5) is 10.7.